The van der Waals surface area contributed by atoms with E-state index in [0.717, 1.165) is 22.6 Å². The van der Waals surface area contributed by atoms with Crippen LogP contribution >= 0.6 is 23.8 Å². The van der Waals surface area contributed by atoms with E-state index < -0.39 is 0 Å². The van der Waals surface area contributed by atoms with Gasteiger partial charge in [-0.1, -0.05) is 29.8 Å². The van der Waals surface area contributed by atoms with Gasteiger partial charge in [-0.25, -0.2) is 0 Å². The topological polar surface area (TPSA) is 15.3 Å². The molecule has 3 rings (SSSR count). The smallest absolute Gasteiger partial charge is 0.182 e. The van der Waals surface area contributed by atoms with E-state index in [1.807, 2.05) is 29.2 Å². The Morgan fingerprint density at radius 3 is 2.48 bits per heavy atom. The van der Waals surface area contributed by atoms with Crippen molar-refractivity contribution in [3.63, 3.8) is 0 Å². The Kier molecular flexibility index (Phi) is 3.47. The van der Waals surface area contributed by atoms with Gasteiger partial charge in [0.05, 0.1) is 11.4 Å². The normalized spacial score (nSPS) is 14.0. The molecule has 0 radical (unpaired) electrons. The maximum Gasteiger partial charge on any atom is 0.182 e. The van der Waals surface area contributed by atoms with E-state index in [4.69, 9.17) is 23.8 Å². The molecule has 2 aromatic rings. The summed E-state index contributed by atoms with van der Waals surface area (Å²) >= 11 is 11.5. The number of hydrogen-bond acceptors (Lipinski definition) is 1. The van der Waals surface area contributed by atoms with Crippen molar-refractivity contribution in [2.45, 2.75) is 13.8 Å². The predicted octanol–water partition coefficient (Wildman–Crippen LogP) is 5.14. The van der Waals surface area contributed by atoms with Gasteiger partial charge in [0.25, 0.3) is 0 Å². The van der Waals surface area contributed by atoms with Crippen LogP contribution in [0.5, 0.6) is 0 Å². The Labute approximate surface area is 135 Å². The zero-order valence-electron chi connectivity index (χ0n) is 11.9. The molecule has 0 unspecified atom stereocenters. The number of fused-ring (bicyclic) bond motifs is 1. The standard InChI is InChI=1S/C17H15ClN2S/c1-10-8-11(2)16-15(9-10)12(3)20(17(21)19-16)14-6-4-13(18)5-7-14/h4-9H,3H2,1-2H3,(H,19,21). The van der Waals surface area contributed by atoms with Gasteiger partial charge in [-0.3, -0.25) is 4.90 Å². The fraction of sp³-hybridized carbons (Fsp3) is 0.118. The number of anilines is 2. The highest BCUT2D eigenvalue weighted by Gasteiger charge is 2.26. The van der Waals surface area contributed by atoms with E-state index in [1.165, 1.54) is 11.1 Å². The molecule has 1 N–H and O–H groups in total. The third-order valence-corrected chi connectivity index (χ3v) is 4.12. The molecule has 1 aliphatic rings. The average Bonchev–Trinajstić information content (AvgIpc) is 2.42. The van der Waals surface area contributed by atoms with Crippen LogP contribution in [0, 0.1) is 13.8 Å². The van der Waals surface area contributed by atoms with Crippen molar-refractivity contribution < 1.29 is 0 Å². The lowest BCUT2D eigenvalue weighted by Crippen LogP contribution is -2.37. The van der Waals surface area contributed by atoms with E-state index >= 15 is 0 Å². The highest BCUT2D eigenvalue weighted by molar-refractivity contribution is 7.80. The van der Waals surface area contributed by atoms with Crippen LogP contribution in [0.3, 0.4) is 0 Å². The van der Waals surface area contributed by atoms with Crippen molar-refractivity contribution >= 4 is 46.0 Å². The molecule has 2 aromatic carbocycles. The molecule has 0 saturated carbocycles. The molecule has 0 fully saturated rings. The SMILES string of the molecule is C=C1c2cc(C)cc(C)c2NC(=S)N1c1ccc(Cl)cc1. The van der Waals surface area contributed by atoms with Gasteiger partial charge >= 0.3 is 0 Å². The van der Waals surface area contributed by atoms with Gasteiger partial charge in [0.15, 0.2) is 5.11 Å². The quantitative estimate of drug-likeness (QED) is 0.733. The molecule has 21 heavy (non-hydrogen) atoms. The molecule has 2 nitrogen and oxygen atoms in total. The summed E-state index contributed by atoms with van der Waals surface area (Å²) in [4.78, 5) is 1.94. The van der Waals surface area contributed by atoms with Crippen molar-refractivity contribution in [1.29, 1.82) is 0 Å². The number of nitrogens with zero attached hydrogens (tertiary/aromatic N) is 1. The lowest BCUT2D eigenvalue weighted by Gasteiger charge is -2.34. The summed E-state index contributed by atoms with van der Waals surface area (Å²) in [5, 5.41) is 4.64. The number of hydrogen-bond donors (Lipinski definition) is 1. The molecular formula is C17H15ClN2S. The number of thiocarbonyl (C=S) groups is 1. The maximum atomic E-state index is 5.96. The highest BCUT2D eigenvalue weighted by Crippen LogP contribution is 2.37. The number of benzene rings is 2. The summed E-state index contributed by atoms with van der Waals surface area (Å²) < 4.78 is 0. The Morgan fingerprint density at radius 1 is 1.14 bits per heavy atom. The van der Waals surface area contributed by atoms with Crippen LogP contribution in [-0.2, 0) is 0 Å². The van der Waals surface area contributed by atoms with Crippen LogP contribution in [0.2, 0.25) is 5.02 Å². The summed E-state index contributed by atoms with van der Waals surface area (Å²) in [5.74, 6) is 0. The number of nitrogens with one attached hydrogen (secondary N) is 1. The van der Waals surface area contributed by atoms with E-state index in [9.17, 15) is 0 Å². The molecule has 0 atom stereocenters. The Balaban J connectivity index is 2.11. The second kappa shape index (κ2) is 5.17. The van der Waals surface area contributed by atoms with Crippen molar-refractivity contribution in [3.8, 4) is 0 Å². The lowest BCUT2D eigenvalue weighted by molar-refractivity contribution is 1.28. The van der Waals surface area contributed by atoms with Crippen molar-refractivity contribution in [1.82, 2.24) is 0 Å². The Bertz CT molecular complexity index is 750. The minimum atomic E-state index is 0.627. The molecule has 1 heterocycles. The molecule has 0 bridgehead atoms. The molecule has 1 aliphatic heterocycles. The molecule has 0 aromatic heterocycles. The molecule has 0 amide bonds. The first-order valence-corrected chi connectivity index (χ1v) is 7.43. The molecular weight excluding hydrogens is 300 g/mol. The van der Waals surface area contributed by atoms with Crippen LogP contribution in [0.1, 0.15) is 16.7 Å². The zero-order valence-corrected chi connectivity index (χ0v) is 13.5. The van der Waals surface area contributed by atoms with Crippen LogP contribution in [0.25, 0.3) is 5.70 Å². The number of halogens is 1. The van der Waals surface area contributed by atoms with Gasteiger partial charge < -0.3 is 5.32 Å². The Morgan fingerprint density at radius 2 is 1.81 bits per heavy atom. The predicted molar refractivity (Wildman–Crippen MR) is 95.1 cm³/mol. The van der Waals surface area contributed by atoms with Gasteiger partial charge in [0, 0.05) is 16.3 Å². The van der Waals surface area contributed by atoms with Gasteiger partial charge in [-0.2, -0.15) is 0 Å². The molecule has 0 saturated heterocycles. The molecule has 4 heteroatoms. The van der Waals surface area contributed by atoms with Crippen LogP contribution in [0.4, 0.5) is 11.4 Å². The van der Waals surface area contributed by atoms with E-state index in [-0.39, 0.29) is 0 Å². The number of aryl methyl sites for hydroxylation is 2. The fourth-order valence-corrected chi connectivity index (χ4v) is 3.07. The summed E-state index contributed by atoms with van der Waals surface area (Å²) in [6, 6.07) is 11.8. The number of rotatable bonds is 1. The highest BCUT2D eigenvalue weighted by atomic mass is 35.5. The Hall–Kier alpha value is -1.84. The lowest BCUT2D eigenvalue weighted by atomic mass is 9.99. The van der Waals surface area contributed by atoms with Crippen molar-refractivity contribution in [3.05, 3.63) is 64.7 Å². The molecule has 106 valence electrons. The third-order valence-electron chi connectivity index (χ3n) is 3.58. The van der Waals surface area contributed by atoms with Crippen molar-refractivity contribution in [2.24, 2.45) is 0 Å². The molecule has 0 spiro atoms. The fourth-order valence-electron chi connectivity index (χ4n) is 2.63. The van der Waals surface area contributed by atoms with E-state index in [1.54, 1.807) is 0 Å². The zero-order chi connectivity index (χ0) is 15.1. The van der Waals surface area contributed by atoms with Crippen LogP contribution in [-0.4, -0.2) is 5.11 Å². The summed E-state index contributed by atoms with van der Waals surface area (Å²) in [6.07, 6.45) is 0. The summed E-state index contributed by atoms with van der Waals surface area (Å²) in [6.45, 7) is 8.39. The first-order chi connectivity index (χ1) is 9.97. The minimum absolute atomic E-state index is 0.627. The first-order valence-electron chi connectivity index (χ1n) is 6.64. The first kappa shape index (κ1) is 14.1. The largest absolute Gasteiger partial charge is 0.331 e. The van der Waals surface area contributed by atoms with Crippen LogP contribution < -0.4 is 10.2 Å². The average molecular weight is 315 g/mol. The van der Waals surface area contributed by atoms with E-state index in [0.29, 0.717) is 10.1 Å². The molecule has 0 aliphatic carbocycles. The van der Waals surface area contributed by atoms with Gasteiger partial charge in [-0.05, 0) is 62.0 Å². The van der Waals surface area contributed by atoms with Gasteiger partial charge in [0.1, 0.15) is 0 Å². The second-order valence-electron chi connectivity index (χ2n) is 5.19. The van der Waals surface area contributed by atoms with Crippen molar-refractivity contribution in [2.75, 3.05) is 10.2 Å². The minimum Gasteiger partial charge on any atom is -0.331 e. The second-order valence-corrected chi connectivity index (χ2v) is 6.02. The van der Waals surface area contributed by atoms with Gasteiger partial charge in [-0.15, -0.1) is 0 Å². The summed E-state index contributed by atoms with van der Waals surface area (Å²) in [5.41, 5.74) is 6.33. The van der Waals surface area contributed by atoms with E-state index in [2.05, 4.69) is 37.9 Å². The maximum absolute atomic E-state index is 5.96. The third kappa shape index (κ3) is 2.43. The van der Waals surface area contributed by atoms with Gasteiger partial charge in [0.2, 0.25) is 0 Å². The summed E-state index contributed by atoms with van der Waals surface area (Å²) in [7, 11) is 0. The van der Waals surface area contributed by atoms with Crippen LogP contribution in [0.15, 0.2) is 43.0 Å². The monoisotopic (exact) mass is 314 g/mol.